The molecular weight excluding hydrogens is 354 g/mol. The van der Waals surface area contributed by atoms with Gasteiger partial charge in [0.25, 0.3) is 0 Å². The first-order valence-corrected chi connectivity index (χ1v) is 10.7. The Kier molecular flexibility index (Phi) is 3.42. The smallest absolute Gasteiger partial charge is 0.183 e. The summed E-state index contributed by atoms with van der Waals surface area (Å²) in [5.74, 6) is 0.826. The highest BCUT2D eigenvalue weighted by Crippen LogP contribution is 2.46. The first-order valence-electron chi connectivity index (χ1n) is 8.29. The highest BCUT2D eigenvalue weighted by atomic mass is 32.2. The Morgan fingerprint density at radius 3 is 2.84 bits per heavy atom. The molecule has 128 valence electrons. The molecule has 0 saturated carbocycles. The van der Waals surface area contributed by atoms with Crippen LogP contribution in [-0.2, 0) is 16.4 Å². The van der Waals surface area contributed by atoms with Gasteiger partial charge in [-0.1, -0.05) is 6.07 Å². The maximum atomic E-state index is 13.0. The molecule has 3 aromatic rings. The standard InChI is InChI=1S/C19H17NO3S2/c21-25(22)18-6-5-13(17-4-1-7-23-17)9-15(18)16-11-20(12-19(16)25)10-14-3-2-8-24-14/h1-9,16,19H,10-12H2/t16-,19+/m1/s1. The Morgan fingerprint density at radius 2 is 2.08 bits per heavy atom. The first-order chi connectivity index (χ1) is 12.1. The van der Waals surface area contributed by atoms with Gasteiger partial charge in [-0.2, -0.15) is 0 Å². The van der Waals surface area contributed by atoms with Crippen molar-refractivity contribution in [1.82, 2.24) is 4.90 Å². The van der Waals surface area contributed by atoms with Crippen LogP contribution in [0, 0.1) is 0 Å². The Hall–Kier alpha value is -1.89. The average Bonchev–Trinajstić information content (AvgIpc) is 3.37. The monoisotopic (exact) mass is 371 g/mol. The molecule has 1 aromatic carbocycles. The molecule has 6 heteroatoms. The minimum atomic E-state index is -3.25. The van der Waals surface area contributed by atoms with Crippen LogP contribution < -0.4 is 0 Å². The fourth-order valence-electron chi connectivity index (χ4n) is 4.07. The highest BCUT2D eigenvalue weighted by molar-refractivity contribution is 7.92. The van der Waals surface area contributed by atoms with E-state index in [0.717, 1.165) is 30.0 Å². The molecule has 0 aliphatic carbocycles. The number of rotatable bonds is 3. The van der Waals surface area contributed by atoms with Crippen molar-refractivity contribution in [2.24, 2.45) is 0 Å². The summed E-state index contributed by atoms with van der Waals surface area (Å²) < 4.78 is 31.4. The normalized spacial score (nSPS) is 24.3. The summed E-state index contributed by atoms with van der Waals surface area (Å²) in [6.07, 6.45) is 1.64. The third-order valence-corrected chi connectivity index (χ3v) is 8.34. The number of sulfone groups is 1. The lowest BCUT2D eigenvalue weighted by Gasteiger charge is -2.16. The van der Waals surface area contributed by atoms with E-state index in [-0.39, 0.29) is 11.2 Å². The maximum Gasteiger partial charge on any atom is 0.183 e. The van der Waals surface area contributed by atoms with Gasteiger partial charge >= 0.3 is 0 Å². The number of hydrogen-bond donors (Lipinski definition) is 0. The molecule has 4 nitrogen and oxygen atoms in total. The molecule has 0 unspecified atom stereocenters. The highest BCUT2D eigenvalue weighted by Gasteiger charge is 2.50. The van der Waals surface area contributed by atoms with Crippen LogP contribution in [0.4, 0.5) is 0 Å². The van der Waals surface area contributed by atoms with Gasteiger partial charge in [-0.25, -0.2) is 8.42 Å². The third-order valence-electron chi connectivity index (χ3n) is 5.22. The van der Waals surface area contributed by atoms with Crippen molar-refractivity contribution in [1.29, 1.82) is 0 Å². The Morgan fingerprint density at radius 1 is 1.16 bits per heavy atom. The van der Waals surface area contributed by atoms with Gasteiger partial charge in [-0.3, -0.25) is 4.90 Å². The minimum absolute atomic E-state index is 0.0508. The van der Waals surface area contributed by atoms with Gasteiger partial charge < -0.3 is 4.42 Å². The molecule has 25 heavy (non-hydrogen) atoms. The quantitative estimate of drug-likeness (QED) is 0.703. The van der Waals surface area contributed by atoms with Crippen LogP contribution in [0.1, 0.15) is 16.4 Å². The van der Waals surface area contributed by atoms with E-state index in [2.05, 4.69) is 16.3 Å². The van der Waals surface area contributed by atoms with Gasteiger partial charge in [-0.15, -0.1) is 11.3 Å². The number of nitrogens with zero attached hydrogens (tertiary/aromatic N) is 1. The molecule has 0 N–H and O–H groups in total. The minimum Gasteiger partial charge on any atom is -0.464 e. The van der Waals surface area contributed by atoms with Crippen molar-refractivity contribution in [3.8, 4) is 11.3 Å². The fourth-order valence-corrected chi connectivity index (χ4v) is 7.01. The summed E-state index contributed by atoms with van der Waals surface area (Å²) in [6, 6.07) is 13.5. The van der Waals surface area contributed by atoms with E-state index in [1.54, 1.807) is 23.7 Å². The molecule has 1 saturated heterocycles. The maximum absolute atomic E-state index is 13.0. The largest absolute Gasteiger partial charge is 0.464 e. The second kappa shape index (κ2) is 5.56. The van der Waals surface area contributed by atoms with E-state index < -0.39 is 9.84 Å². The van der Waals surface area contributed by atoms with E-state index in [1.165, 1.54) is 4.88 Å². The fraction of sp³-hybridized carbons (Fsp3) is 0.263. The zero-order valence-electron chi connectivity index (χ0n) is 13.5. The van der Waals surface area contributed by atoms with Crippen LogP contribution in [0.15, 0.2) is 63.4 Å². The Bertz CT molecular complexity index is 1010. The number of fused-ring (bicyclic) bond motifs is 3. The zero-order chi connectivity index (χ0) is 17.0. The topological polar surface area (TPSA) is 50.5 Å². The predicted octanol–water partition coefficient (Wildman–Crippen LogP) is 3.76. The van der Waals surface area contributed by atoms with Crippen molar-refractivity contribution in [2.75, 3.05) is 13.1 Å². The van der Waals surface area contributed by atoms with Gasteiger partial charge in [0.2, 0.25) is 0 Å². The van der Waals surface area contributed by atoms with Crippen LogP contribution in [0.5, 0.6) is 0 Å². The van der Waals surface area contributed by atoms with Crippen molar-refractivity contribution < 1.29 is 12.8 Å². The van der Waals surface area contributed by atoms with E-state index in [1.807, 2.05) is 30.3 Å². The van der Waals surface area contributed by atoms with E-state index in [4.69, 9.17) is 4.42 Å². The number of benzene rings is 1. The number of thiophene rings is 1. The lowest BCUT2D eigenvalue weighted by atomic mass is 9.96. The van der Waals surface area contributed by atoms with Crippen molar-refractivity contribution in [2.45, 2.75) is 22.6 Å². The Balaban J connectivity index is 1.51. The molecule has 0 spiro atoms. The molecule has 4 heterocycles. The summed E-state index contributed by atoms with van der Waals surface area (Å²) in [4.78, 5) is 4.05. The van der Waals surface area contributed by atoms with Gasteiger partial charge in [0, 0.05) is 36.0 Å². The summed E-state index contributed by atoms with van der Waals surface area (Å²) >= 11 is 1.72. The van der Waals surface area contributed by atoms with Crippen LogP contribution in [0.3, 0.4) is 0 Å². The third kappa shape index (κ3) is 2.39. The van der Waals surface area contributed by atoms with Crippen LogP contribution >= 0.6 is 11.3 Å². The van der Waals surface area contributed by atoms with Crippen molar-refractivity contribution >= 4 is 21.2 Å². The molecule has 0 radical (unpaired) electrons. The molecule has 2 atom stereocenters. The molecule has 0 bridgehead atoms. The summed E-state index contributed by atoms with van der Waals surface area (Å²) in [6.45, 7) is 2.22. The van der Waals surface area contributed by atoms with Gasteiger partial charge in [0.15, 0.2) is 9.84 Å². The van der Waals surface area contributed by atoms with E-state index >= 15 is 0 Å². The zero-order valence-corrected chi connectivity index (χ0v) is 15.1. The molecule has 2 aliphatic heterocycles. The Labute approximate surface area is 150 Å². The summed E-state index contributed by atoms with van der Waals surface area (Å²) in [5.41, 5.74) is 1.89. The molecule has 1 fully saturated rings. The SMILES string of the molecule is O=S1(=O)c2ccc(-c3ccco3)cc2[C@H]2CN(Cc3cccs3)C[C@@H]21. The second-order valence-corrected chi connectivity index (χ2v) is 9.86. The van der Waals surface area contributed by atoms with Crippen LogP contribution in [0.25, 0.3) is 11.3 Å². The second-order valence-electron chi connectivity index (χ2n) is 6.69. The number of furan rings is 1. The van der Waals surface area contributed by atoms with Crippen molar-refractivity contribution in [3.05, 3.63) is 64.5 Å². The summed E-state index contributed by atoms with van der Waals surface area (Å²) in [5, 5.41) is 1.74. The molecule has 0 amide bonds. The van der Waals surface area contributed by atoms with E-state index in [0.29, 0.717) is 11.4 Å². The van der Waals surface area contributed by atoms with Crippen LogP contribution in [-0.4, -0.2) is 31.7 Å². The number of hydrogen-bond acceptors (Lipinski definition) is 5. The van der Waals surface area contributed by atoms with Crippen molar-refractivity contribution in [3.63, 3.8) is 0 Å². The molecular formula is C19H17NO3S2. The number of likely N-dealkylation sites (tertiary alicyclic amines) is 1. The molecule has 2 aromatic heterocycles. The predicted molar refractivity (Wildman–Crippen MR) is 97.5 cm³/mol. The summed E-state index contributed by atoms with van der Waals surface area (Å²) in [7, 11) is -3.25. The van der Waals surface area contributed by atoms with Crippen LogP contribution in [0.2, 0.25) is 0 Å². The van der Waals surface area contributed by atoms with E-state index in [9.17, 15) is 8.42 Å². The average molecular weight is 371 g/mol. The van der Waals surface area contributed by atoms with Gasteiger partial charge in [-0.05, 0) is 47.3 Å². The molecule has 5 rings (SSSR count). The van der Waals surface area contributed by atoms with Gasteiger partial charge in [0.05, 0.1) is 16.4 Å². The van der Waals surface area contributed by atoms with Gasteiger partial charge in [0.1, 0.15) is 5.76 Å². The lowest BCUT2D eigenvalue weighted by molar-refractivity contribution is 0.328. The lowest BCUT2D eigenvalue weighted by Crippen LogP contribution is -2.25. The first kappa shape index (κ1) is 15.4. The molecule has 2 aliphatic rings.